The molecule has 0 radical (unpaired) electrons. The first-order valence-corrected chi connectivity index (χ1v) is 5.06. The molecule has 82 valence electrons. The summed E-state index contributed by atoms with van der Waals surface area (Å²) in [6.07, 6.45) is 0. The number of carbonyl (C=O) groups excluding carboxylic acids is 1. The van der Waals surface area contributed by atoms with E-state index in [4.69, 9.17) is 4.74 Å². The maximum Gasteiger partial charge on any atom is 0.333 e. The lowest BCUT2D eigenvalue weighted by Crippen LogP contribution is -2.04. The summed E-state index contributed by atoms with van der Waals surface area (Å²) < 4.78 is 5.05. The molecule has 0 saturated heterocycles. The minimum absolute atomic E-state index is 0.250. The number of ether oxygens (including phenoxy) is 1. The highest BCUT2D eigenvalue weighted by Gasteiger charge is 2.05. The van der Waals surface area contributed by atoms with E-state index in [0.717, 1.165) is 16.6 Å². The fourth-order valence-electron chi connectivity index (χ4n) is 1.48. The molecule has 3 nitrogen and oxygen atoms in total. The first-order valence-electron chi connectivity index (χ1n) is 5.06. The summed E-state index contributed by atoms with van der Waals surface area (Å²) in [6, 6.07) is 9.90. The van der Waals surface area contributed by atoms with Gasteiger partial charge in [0, 0.05) is 11.1 Å². The zero-order chi connectivity index (χ0) is 11.5. The Balaban J connectivity index is 2.10. The molecule has 2 rings (SSSR count). The Morgan fingerprint density at radius 1 is 1.44 bits per heavy atom. The minimum atomic E-state index is -0.362. The van der Waals surface area contributed by atoms with E-state index >= 15 is 0 Å². The van der Waals surface area contributed by atoms with Crippen molar-refractivity contribution < 1.29 is 9.53 Å². The summed E-state index contributed by atoms with van der Waals surface area (Å²) in [5.41, 5.74) is 2.34. The van der Waals surface area contributed by atoms with Crippen LogP contribution in [0.3, 0.4) is 0 Å². The number of hydrogen-bond donors (Lipinski definition) is 1. The normalized spacial score (nSPS) is 10.3. The van der Waals surface area contributed by atoms with E-state index in [0.29, 0.717) is 5.57 Å². The molecule has 1 aromatic heterocycles. The van der Waals surface area contributed by atoms with Crippen molar-refractivity contribution in [2.45, 2.75) is 13.5 Å². The molecule has 0 aliphatic heterocycles. The Kier molecular flexibility index (Phi) is 2.77. The number of hydrogen-bond acceptors (Lipinski definition) is 2. The minimum Gasteiger partial charge on any atom is -0.456 e. The monoisotopic (exact) mass is 215 g/mol. The Labute approximate surface area is 93.7 Å². The van der Waals surface area contributed by atoms with Crippen LogP contribution in [-0.2, 0) is 16.1 Å². The topological polar surface area (TPSA) is 42.1 Å². The van der Waals surface area contributed by atoms with Crippen molar-refractivity contribution >= 4 is 16.9 Å². The molecule has 0 atom stereocenters. The third kappa shape index (κ3) is 2.14. The van der Waals surface area contributed by atoms with Crippen LogP contribution in [0.2, 0.25) is 0 Å². The van der Waals surface area contributed by atoms with E-state index in [2.05, 4.69) is 11.6 Å². The molecular weight excluding hydrogens is 202 g/mol. The summed E-state index contributed by atoms with van der Waals surface area (Å²) in [5.74, 6) is -0.362. The van der Waals surface area contributed by atoms with Gasteiger partial charge >= 0.3 is 5.97 Å². The molecule has 1 heterocycles. The van der Waals surface area contributed by atoms with Crippen molar-refractivity contribution in [3.05, 3.63) is 48.2 Å². The van der Waals surface area contributed by atoms with Crippen LogP contribution in [-0.4, -0.2) is 11.0 Å². The summed E-state index contributed by atoms with van der Waals surface area (Å²) in [5, 5.41) is 1.11. The predicted octanol–water partition coefficient (Wildman–Crippen LogP) is 2.79. The smallest absolute Gasteiger partial charge is 0.333 e. The van der Waals surface area contributed by atoms with Gasteiger partial charge in [-0.25, -0.2) is 4.79 Å². The van der Waals surface area contributed by atoms with Gasteiger partial charge < -0.3 is 9.72 Å². The molecule has 0 saturated carbocycles. The summed E-state index contributed by atoms with van der Waals surface area (Å²) in [4.78, 5) is 14.4. The third-order valence-electron chi connectivity index (χ3n) is 2.29. The molecule has 0 aliphatic carbocycles. The van der Waals surface area contributed by atoms with Crippen molar-refractivity contribution in [3.63, 3.8) is 0 Å². The molecule has 1 N–H and O–H groups in total. The van der Waals surface area contributed by atoms with Crippen molar-refractivity contribution in [2.24, 2.45) is 0 Å². The molecule has 0 unspecified atom stereocenters. The number of nitrogens with one attached hydrogen (secondary N) is 1. The SMILES string of the molecule is C=C(C)C(=O)OCc1cc2ccccc2[nH]1. The van der Waals surface area contributed by atoms with Crippen molar-refractivity contribution in [2.75, 3.05) is 0 Å². The van der Waals surface area contributed by atoms with Gasteiger partial charge in [0.15, 0.2) is 0 Å². The maximum atomic E-state index is 11.2. The number of benzene rings is 1. The molecule has 0 amide bonds. The highest BCUT2D eigenvalue weighted by atomic mass is 16.5. The van der Waals surface area contributed by atoms with E-state index in [9.17, 15) is 4.79 Å². The number of esters is 1. The number of H-pyrrole nitrogens is 1. The molecule has 0 aliphatic rings. The van der Waals surface area contributed by atoms with Crippen LogP contribution in [0, 0.1) is 0 Å². The molecule has 0 spiro atoms. The molecule has 2 aromatic rings. The Bertz CT molecular complexity index is 507. The number of carbonyl (C=O) groups is 1. The van der Waals surface area contributed by atoms with E-state index in [1.165, 1.54) is 0 Å². The van der Waals surface area contributed by atoms with Crippen LogP contribution in [0.25, 0.3) is 10.9 Å². The second-order valence-corrected chi connectivity index (χ2v) is 3.74. The van der Waals surface area contributed by atoms with Gasteiger partial charge in [-0.15, -0.1) is 0 Å². The third-order valence-corrected chi connectivity index (χ3v) is 2.29. The first-order chi connectivity index (χ1) is 7.66. The van der Waals surface area contributed by atoms with Crippen molar-refractivity contribution in [3.8, 4) is 0 Å². The molecule has 3 heteroatoms. The molecule has 0 fully saturated rings. The van der Waals surface area contributed by atoms with Gasteiger partial charge in [-0.2, -0.15) is 0 Å². The predicted molar refractivity (Wildman–Crippen MR) is 62.9 cm³/mol. The van der Waals surface area contributed by atoms with Crippen LogP contribution in [0.15, 0.2) is 42.5 Å². The lowest BCUT2D eigenvalue weighted by atomic mass is 10.2. The van der Waals surface area contributed by atoms with Crippen molar-refractivity contribution in [1.29, 1.82) is 0 Å². The van der Waals surface area contributed by atoms with Gasteiger partial charge in [0.2, 0.25) is 0 Å². The second-order valence-electron chi connectivity index (χ2n) is 3.74. The average Bonchev–Trinajstić information content (AvgIpc) is 2.68. The van der Waals surface area contributed by atoms with Gasteiger partial charge in [-0.3, -0.25) is 0 Å². The van der Waals surface area contributed by atoms with Gasteiger partial charge in [-0.05, 0) is 24.4 Å². The molecule has 0 bridgehead atoms. The van der Waals surface area contributed by atoms with Crippen molar-refractivity contribution in [1.82, 2.24) is 4.98 Å². The van der Waals surface area contributed by atoms with Crippen LogP contribution in [0.4, 0.5) is 0 Å². The number of para-hydroxylation sites is 1. The fraction of sp³-hybridized carbons (Fsp3) is 0.154. The lowest BCUT2D eigenvalue weighted by molar-refractivity contribution is -0.140. The van der Waals surface area contributed by atoms with E-state index in [1.807, 2.05) is 30.3 Å². The largest absolute Gasteiger partial charge is 0.456 e. The zero-order valence-electron chi connectivity index (χ0n) is 9.12. The summed E-state index contributed by atoms with van der Waals surface area (Å²) in [7, 11) is 0. The van der Waals surface area contributed by atoms with Crippen LogP contribution in [0.1, 0.15) is 12.6 Å². The van der Waals surface area contributed by atoms with Gasteiger partial charge in [0.1, 0.15) is 6.61 Å². The lowest BCUT2D eigenvalue weighted by Gasteiger charge is -2.01. The fourth-order valence-corrected chi connectivity index (χ4v) is 1.48. The van der Waals surface area contributed by atoms with Crippen LogP contribution < -0.4 is 0 Å². The highest BCUT2D eigenvalue weighted by molar-refractivity contribution is 5.87. The van der Waals surface area contributed by atoms with Crippen LogP contribution in [0.5, 0.6) is 0 Å². The number of aromatic amines is 1. The first kappa shape index (κ1) is 10.5. The number of fused-ring (bicyclic) bond motifs is 1. The zero-order valence-corrected chi connectivity index (χ0v) is 9.12. The van der Waals surface area contributed by atoms with Gasteiger partial charge in [0.25, 0.3) is 0 Å². The summed E-state index contributed by atoms with van der Waals surface area (Å²) >= 11 is 0. The van der Waals surface area contributed by atoms with E-state index < -0.39 is 0 Å². The molecule has 1 aromatic carbocycles. The Hall–Kier alpha value is -2.03. The van der Waals surface area contributed by atoms with Gasteiger partial charge in [-0.1, -0.05) is 24.8 Å². The molecule has 16 heavy (non-hydrogen) atoms. The standard InChI is InChI=1S/C13H13NO2/c1-9(2)13(15)16-8-11-7-10-5-3-4-6-12(10)14-11/h3-7,14H,1,8H2,2H3. The highest BCUT2D eigenvalue weighted by Crippen LogP contribution is 2.15. The van der Waals surface area contributed by atoms with E-state index in [-0.39, 0.29) is 12.6 Å². The van der Waals surface area contributed by atoms with E-state index in [1.54, 1.807) is 6.92 Å². The Morgan fingerprint density at radius 2 is 2.19 bits per heavy atom. The summed E-state index contributed by atoms with van der Waals surface area (Å²) in [6.45, 7) is 5.41. The second kappa shape index (κ2) is 4.23. The maximum absolute atomic E-state index is 11.2. The average molecular weight is 215 g/mol. The Morgan fingerprint density at radius 3 is 2.88 bits per heavy atom. The quantitative estimate of drug-likeness (QED) is 0.632. The number of aromatic nitrogens is 1. The van der Waals surface area contributed by atoms with Gasteiger partial charge in [0.05, 0.1) is 5.69 Å². The number of rotatable bonds is 3. The van der Waals surface area contributed by atoms with Crippen LogP contribution >= 0.6 is 0 Å². The molecular formula is C13H13NO2.